The van der Waals surface area contributed by atoms with Crippen LogP contribution in [-0.2, 0) is 19.4 Å². The van der Waals surface area contributed by atoms with Gasteiger partial charge in [0.05, 0.1) is 24.3 Å². The highest BCUT2D eigenvalue weighted by Crippen LogP contribution is 2.34. The molecule has 0 aliphatic heterocycles. The number of ether oxygens (including phenoxy) is 2. The number of aromatic nitrogens is 1. The van der Waals surface area contributed by atoms with Crippen molar-refractivity contribution in [3.8, 4) is 22.7 Å². The van der Waals surface area contributed by atoms with Crippen LogP contribution >= 0.6 is 0 Å². The normalized spacial score (nSPS) is 12.4. The van der Waals surface area contributed by atoms with E-state index in [1.165, 1.54) is 12.1 Å². The molecule has 0 radical (unpaired) electrons. The number of methoxy groups -OCH3 is 1. The summed E-state index contributed by atoms with van der Waals surface area (Å²) in [6.45, 7) is 3.64. The summed E-state index contributed by atoms with van der Waals surface area (Å²) in [5.74, 6) is -0.0316. The van der Waals surface area contributed by atoms with Gasteiger partial charge in [-0.2, -0.15) is 0 Å². The van der Waals surface area contributed by atoms with Crippen LogP contribution in [0.4, 0.5) is 0 Å². The number of hydrogen-bond acceptors (Lipinski definition) is 6. The summed E-state index contributed by atoms with van der Waals surface area (Å²) in [4.78, 5) is 12.4. The Morgan fingerprint density at radius 3 is 2.23 bits per heavy atom. The van der Waals surface area contributed by atoms with Crippen molar-refractivity contribution < 1.29 is 27.8 Å². The smallest absolute Gasteiger partial charge is 0.339 e. The Kier molecular flexibility index (Phi) is 6.52. The number of carbonyl (C=O) groups is 1. The van der Waals surface area contributed by atoms with Crippen LogP contribution in [0, 0.1) is 6.92 Å². The molecule has 3 rings (SSSR count). The number of aliphatic hydroxyl groups excluding tert-OH is 1. The molecule has 0 fully saturated rings. The number of hydrogen-bond donors (Lipinski definition) is 1. The number of carbonyl (C=O) groups excluding carboxylic acids is 1. The third kappa shape index (κ3) is 4.65. The van der Waals surface area contributed by atoms with Crippen LogP contribution in [-0.4, -0.2) is 44.0 Å². The zero-order chi connectivity index (χ0) is 22.8. The number of sulfone groups is 1. The summed E-state index contributed by atoms with van der Waals surface area (Å²) in [5.41, 5.74) is 3.29. The van der Waals surface area contributed by atoms with Gasteiger partial charge in [-0.25, -0.2) is 13.2 Å². The van der Waals surface area contributed by atoms with Crippen molar-refractivity contribution in [1.29, 1.82) is 0 Å². The molecule has 0 aliphatic rings. The van der Waals surface area contributed by atoms with Gasteiger partial charge in [0, 0.05) is 23.2 Å². The Balaban J connectivity index is 2.18. The Bertz CT molecular complexity index is 1180. The van der Waals surface area contributed by atoms with E-state index in [0.717, 1.165) is 17.5 Å². The summed E-state index contributed by atoms with van der Waals surface area (Å²) in [5, 5.41) is 10.6. The number of rotatable bonds is 7. The predicted octanol–water partition coefficient (Wildman–Crippen LogP) is 3.46. The second-order valence-electron chi connectivity index (χ2n) is 7.05. The van der Waals surface area contributed by atoms with Crippen LogP contribution < -0.4 is 4.74 Å². The molecule has 1 heterocycles. The van der Waals surface area contributed by atoms with Crippen LogP contribution in [0.1, 0.15) is 24.3 Å². The van der Waals surface area contributed by atoms with E-state index in [1.54, 1.807) is 39.2 Å². The molecule has 0 spiro atoms. The zero-order valence-corrected chi connectivity index (χ0v) is 18.6. The van der Waals surface area contributed by atoms with E-state index in [0.29, 0.717) is 22.7 Å². The second-order valence-corrected chi connectivity index (χ2v) is 9.07. The molecule has 0 saturated carbocycles. The van der Waals surface area contributed by atoms with Gasteiger partial charge in [-0.15, -0.1) is 0 Å². The SMILES string of the molecule is CCOC(=O)[C@H](O)c1cc(-c2ccc(S(C)(=O)=O)cc2)n(-c2ccc(OC)cc2)c1C. The number of nitrogens with zero attached hydrogens (tertiary/aromatic N) is 1. The Morgan fingerprint density at radius 2 is 1.71 bits per heavy atom. The van der Waals surface area contributed by atoms with E-state index in [-0.39, 0.29) is 11.5 Å². The van der Waals surface area contributed by atoms with Crippen molar-refractivity contribution in [1.82, 2.24) is 4.57 Å². The average Bonchev–Trinajstić information content (AvgIpc) is 3.10. The van der Waals surface area contributed by atoms with E-state index in [4.69, 9.17) is 9.47 Å². The molecule has 31 heavy (non-hydrogen) atoms. The first-order valence-electron chi connectivity index (χ1n) is 9.69. The second kappa shape index (κ2) is 8.95. The van der Waals surface area contributed by atoms with E-state index < -0.39 is 21.9 Å². The third-order valence-electron chi connectivity index (χ3n) is 5.00. The summed E-state index contributed by atoms with van der Waals surface area (Å²) < 4.78 is 35.7. The van der Waals surface area contributed by atoms with E-state index in [2.05, 4.69) is 0 Å². The zero-order valence-electron chi connectivity index (χ0n) is 17.8. The van der Waals surface area contributed by atoms with Crippen molar-refractivity contribution in [3.05, 3.63) is 65.9 Å². The number of aliphatic hydroxyl groups is 1. The lowest BCUT2D eigenvalue weighted by atomic mass is 10.1. The first-order valence-corrected chi connectivity index (χ1v) is 11.6. The molecule has 0 saturated heterocycles. The quantitative estimate of drug-likeness (QED) is 0.562. The van der Waals surface area contributed by atoms with E-state index in [9.17, 15) is 18.3 Å². The maximum absolute atomic E-state index is 12.2. The first-order chi connectivity index (χ1) is 14.7. The van der Waals surface area contributed by atoms with Gasteiger partial charge in [0.1, 0.15) is 5.75 Å². The fourth-order valence-corrected chi connectivity index (χ4v) is 4.03. The molecule has 2 aromatic carbocycles. The van der Waals surface area contributed by atoms with Gasteiger partial charge in [-0.05, 0) is 61.9 Å². The lowest BCUT2D eigenvalue weighted by Gasteiger charge is -2.14. The van der Waals surface area contributed by atoms with Crippen molar-refractivity contribution in [3.63, 3.8) is 0 Å². The van der Waals surface area contributed by atoms with Gasteiger partial charge in [0.15, 0.2) is 15.9 Å². The molecule has 1 atom stereocenters. The lowest BCUT2D eigenvalue weighted by Crippen LogP contribution is -2.16. The maximum atomic E-state index is 12.2. The summed E-state index contributed by atoms with van der Waals surface area (Å²) in [7, 11) is -1.75. The van der Waals surface area contributed by atoms with Crippen molar-refractivity contribution in [2.24, 2.45) is 0 Å². The maximum Gasteiger partial charge on any atom is 0.339 e. The standard InChI is InChI=1S/C23H25NO6S/c1-5-30-23(26)22(25)20-14-21(16-6-12-19(13-7-16)31(4,27)28)24(15(20)2)17-8-10-18(29-3)11-9-17/h6-14,22,25H,5H2,1-4H3/t22-/m1/s1. The molecule has 7 nitrogen and oxygen atoms in total. The molecule has 0 bridgehead atoms. The van der Waals surface area contributed by atoms with Crippen molar-refractivity contribution in [2.75, 3.05) is 20.0 Å². The summed E-state index contributed by atoms with van der Waals surface area (Å²) in [6, 6.07) is 15.5. The molecule has 1 N–H and O–H groups in total. The molecule has 0 aliphatic carbocycles. The molecule has 1 aromatic heterocycles. The highest BCUT2D eigenvalue weighted by molar-refractivity contribution is 7.90. The van der Waals surface area contributed by atoms with Gasteiger partial charge in [0.25, 0.3) is 0 Å². The number of benzene rings is 2. The monoisotopic (exact) mass is 443 g/mol. The molecule has 0 amide bonds. The predicted molar refractivity (Wildman–Crippen MR) is 117 cm³/mol. The van der Waals surface area contributed by atoms with Crippen LogP contribution in [0.15, 0.2) is 59.5 Å². The molecular weight excluding hydrogens is 418 g/mol. The molecular formula is C23H25NO6S. The number of esters is 1. The first kappa shape index (κ1) is 22.6. The highest BCUT2D eigenvalue weighted by Gasteiger charge is 2.26. The van der Waals surface area contributed by atoms with E-state index in [1.807, 2.05) is 28.8 Å². The van der Waals surface area contributed by atoms with Gasteiger partial charge < -0.3 is 19.1 Å². The fourth-order valence-electron chi connectivity index (χ4n) is 3.40. The molecule has 164 valence electrons. The van der Waals surface area contributed by atoms with Crippen molar-refractivity contribution in [2.45, 2.75) is 24.8 Å². The van der Waals surface area contributed by atoms with Crippen LogP contribution in [0.25, 0.3) is 16.9 Å². The lowest BCUT2D eigenvalue weighted by molar-refractivity contribution is -0.153. The minimum absolute atomic E-state index is 0.161. The largest absolute Gasteiger partial charge is 0.497 e. The van der Waals surface area contributed by atoms with Crippen LogP contribution in [0.3, 0.4) is 0 Å². The van der Waals surface area contributed by atoms with Gasteiger partial charge in [0.2, 0.25) is 0 Å². The average molecular weight is 444 g/mol. The van der Waals surface area contributed by atoms with Gasteiger partial charge in [-0.3, -0.25) is 0 Å². The van der Waals surface area contributed by atoms with Crippen molar-refractivity contribution >= 4 is 15.8 Å². The van der Waals surface area contributed by atoms with Crippen LogP contribution in [0.2, 0.25) is 0 Å². The third-order valence-corrected chi connectivity index (χ3v) is 6.13. The molecule has 3 aromatic rings. The minimum atomic E-state index is -3.33. The Hall–Kier alpha value is -3.10. The summed E-state index contributed by atoms with van der Waals surface area (Å²) >= 11 is 0. The molecule has 8 heteroatoms. The highest BCUT2D eigenvalue weighted by atomic mass is 32.2. The van der Waals surface area contributed by atoms with Gasteiger partial charge in [-0.1, -0.05) is 12.1 Å². The Labute approximate surface area is 181 Å². The summed E-state index contributed by atoms with van der Waals surface area (Å²) in [6.07, 6.45) is -0.284. The minimum Gasteiger partial charge on any atom is -0.497 e. The Morgan fingerprint density at radius 1 is 1.10 bits per heavy atom. The fraction of sp³-hybridized carbons (Fsp3) is 0.261. The molecule has 0 unspecified atom stereocenters. The topological polar surface area (TPSA) is 94.8 Å². The van der Waals surface area contributed by atoms with Crippen LogP contribution in [0.5, 0.6) is 5.75 Å². The van der Waals surface area contributed by atoms with Gasteiger partial charge >= 0.3 is 5.97 Å². The van der Waals surface area contributed by atoms with E-state index >= 15 is 0 Å².